The van der Waals surface area contributed by atoms with Gasteiger partial charge in [-0.2, -0.15) is 0 Å². The Morgan fingerprint density at radius 3 is 2.26 bits per heavy atom. The summed E-state index contributed by atoms with van der Waals surface area (Å²) in [5, 5.41) is 2.57. The van der Waals surface area contributed by atoms with Gasteiger partial charge >= 0.3 is 0 Å². The third-order valence-electron chi connectivity index (χ3n) is 5.47. The van der Waals surface area contributed by atoms with Gasteiger partial charge in [0.1, 0.15) is 0 Å². The number of hydrogen-bond acceptors (Lipinski definition) is 4. The van der Waals surface area contributed by atoms with Crippen LogP contribution in [-0.2, 0) is 0 Å². The van der Waals surface area contributed by atoms with Crippen molar-refractivity contribution in [3.8, 4) is 33.8 Å². The molecule has 31 heavy (non-hydrogen) atoms. The van der Waals surface area contributed by atoms with Crippen LogP contribution in [0.15, 0.2) is 104 Å². The maximum absolute atomic E-state index is 4.87. The lowest BCUT2D eigenvalue weighted by molar-refractivity contribution is 1.18. The predicted octanol–water partition coefficient (Wildman–Crippen LogP) is 7.24. The van der Waals surface area contributed by atoms with Gasteiger partial charge in [0.15, 0.2) is 5.82 Å². The molecule has 0 fully saturated rings. The summed E-state index contributed by atoms with van der Waals surface area (Å²) in [4.78, 5) is 13.6. The first-order valence-electron chi connectivity index (χ1n) is 10.1. The van der Waals surface area contributed by atoms with E-state index in [1.54, 1.807) is 6.20 Å². The van der Waals surface area contributed by atoms with Gasteiger partial charge in [-0.15, -0.1) is 11.3 Å². The second-order valence-corrected chi connectivity index (χ2v) is 8.48. The van der Waals surface area contributed by atoms with Gasteiger partial charge in [0.05, 0.1) is 5.69 Å². The number of benzene rings is 3. The molecular formula is C27H17N3S. The van der Waals surface area contributed by atoms with Crippen molar-refractivity contribution in [1.82, 2.24) is 15.0 Å². The molecule has 3 aromatic carbocycles. The van der Waals surface area contributed by atoms with Crippen molar-refractivity contribution >= 4 is 31.5 Å². The highest BCUT2D eigenvalue weighted by Crippen LogP contribution is 2.36. The number of fused-ring (bicyclic) bond motifs is 3. The molecule has 0 aliphatic carbocycles. The van der Waals surface area contributed by atoms with Crippen molar-refractivity contribution in [2.45, 2.75) is 0 Å². The fourth-order valence-electron chi connectivity index (χ4n) is 3.89. The molecule has 146 valence electrons. The summed E-state index contributed by atoms with van der Waals surface area (Å²) in [6.07, 6.45) is 5.49. The average Bonchev–Trinajstić information content (AvgIpc) is 3.23. The molecule has 0 spiro atoms. The minimum absolute atomic E-state index is 0.727. The quantitative estimate of drug-likeness (QED) is 0.306. The Morgan fingerprint density at radius 2 is 1.39 bits per heavy atom. The molecule has 3 nitrogen and oxygen atoms in total. The zero-order valence-electron chi connectivity index (χ0n) is 16.6. The normalized spacial score (nSPS) is 11.2. The Labute approximate surface area is 183 Å². The summed E-state index contributed by atoms with van der Waals surface area (Å²) in [6, 6.07) is 29.4. The molecule has 0 radical (unpaired) electrons. The van der Waals surface area contributed by atoms with Gasteiger partial charge in [-0.3, -0.25) is 4.98 Å². The van der Waals surface area contributed by atoms with Crippen molar-refractivity contribution in [3.63, 3.8) is 0 Å². The molecule has 0 aliphatic rings. The van der Waals surface area contributed by atoms with Gasteiger partial charge in [0.2, 0.25) is 0 Å². The van der Waals surface area contributed by atoms with Crippen molar-refractivity contribution in [3.05, 3.63) is 104 Å². The molecule has 0 saturated carbocycles. The van der Waals surface area contributed by atoms with E-state index in [2.05, 4.69) is 82.8 Å². The Morgan fingerprint density at radius 1 is 0.581 bits per heavy atom. The molecule has 0 N–H and O–H groups in total. The SMILES string of the molecule is c1cncc(-c2ccc(-c3nccc(-c4ccc5sc6ccccc6c5c4)n3)cc2)c1. The monoisotopic (exact) mass is 415 g/mol. The van der Waals surface area contributed by atoms with Crippen LogP contribution in [-0.4, -0.2) is 15.0 Å². The number of thiophene rings is 1. The van der Waals surface area contributed by atoms with Gasteiger partial charge in [-0.25, -0.2) is 9.97 Å². The summed E-state index contributed by atoms with van der Waals surface area (Å²) in [5.74, 6) is 0.727. The molecule has 4 heteroatoms. The van der Waals surface area contributed by atoms with Crippen LogP contribution in [0.5, 0.6) is 0 Å². The third kappa shape index (κ3) is 3.27. The van der Waals surface area contributed by atoms with Crippen LogP contribution < -0.4 is 0 Å². The van der Waals surface area contributed by atoms with Crippen LogP contribution in [0.2, 0.25) is 0 Å². The van der Waals surface area contributed by atoms with Gasteiger partial charge in [0.25, 0.3) is 0 Å². The zero-order chi connectivity index (χ0) is 20.6. The predicted molar refractivity (Wildman–Crippen MR) is 129 cm³/mol. The van der Waals surface area contributed by atoms with Crippen LogP contribution in [0.1, 0.15) is 0 Å². The Bertz CT molecular complexity index is 1520. The number of hydrogen-bond donors (Lipinski definition) is 0. The van der Waals surface area contributed by atoms with Gasteiger partial charge < -0.3 is 0 Å². The summed E-state index contributed by atoms with van der Waals surface area (Å²) >= 11 is 1.83. The van der Waals surface area contributed by atoms with E-state index < -0.39 is 0 Å². The second-order valence-electron chi connectivity index (χ2n) is 7.39. The Balaban J connectivity index is 1.38. The lowest BCUT2D eigenvalue weighted by atomic mass is 10.0. The van der Waals surface area contributed by atoms with Crippen LogP contribution >= 0.6 is 11.3 Å². The number of aromatic nitrogens is 3. The van der Waals surface area contributed by atoms with Gasteiger partial charge in [-0.1, -0.05) is 54.6 Å². The molecule has 6 rings (SSSR count). The van der Waals surface area contributed by atoms with E-state index in [0.717, 1.165) is 33.8 Å². The first-order valence-corrected chi connectivity index (χ1v) is 10.9. The fraction of sp³-hybridized carbons (Fsp3) is 0. The molecule has 0 saturated heterocycles. The van der Waals surface area contributed by atoms with E-state index in [-0.39, 0.29) is 0 Å². The van der Waals surface area contributed by atoms with E-state index in [4.69, 9.17) is 4.98 Å². The molecule has 0 unspecified atom stereocenters. The van der Waals surface area contributed by atoms with Crippen LogP contribution in [0.3, 0.4) is 0 Å². The number of pyridine rings is 1. The lowest BCUT2D eigenvalue weighted by Gasteiger charge is -2.06. The van der Waals surface area contributed by atoms with Crippen LogP contribution in [0, 0.1) is 0 Å². The highest BCUT2D eigenvalue weighted by molar-refractivity contribution is 7.25. The van der Waals surface area contributed by atoms with Crippen LogP contribution in [0.25, 0.3) is 53.9 Å². The molecule has 0 amide bonds. The fourth-order valence-corrected chi connectivity index (χ4v) is 4.98. The molecule has 0 bridgehead atoms. The lowest BCUT2D eigenvalue weighted by Crippen LogP contribution is -1.91. The van der Waals surface area contributed by atoms with Gasteiger partial charge in [-0.05, 0) is 41.5 Å². The standard InChI is InChI=1S/C27H17N3S/c1-2-6-25-22(5-1)23-16-20(11-12-26(23)31-25)24-13-15-29-27(30-24)19-9-7-18(8-10-19)21-4-3-14-28-17-21/h1-17H. The second kappa shape index (κ2) is 7.42. The van der Waals surface area contributed by atoms with E-state index in [0.29, 0.717) is 0 Å². The van der Waals surface area contributed by atoms with E-state index in [9.17, 15) is 0 Å². The molecule has 0 aliphatic heterocycles. The summed E-state index contributed by atoms with van der Waals surface area (Å²) in [5.41, 5.74) is 5.25. The molecule has 3 aromatic heterocycles. The Hall–Kier alpha value is -3.89. The first-order chi connectivity index (χ1) is 15.3. The maximum Gasteiger partial charge on any atom is 0.159 e. The topological polar surface area (TPSA) is 38.7 Å². The van der Waals surface area contributed by atoms with Crippen molar-refractivity contribution in [2.24, 2.45) is 0 Å². The minimum atomic E-state index is 0.727. The van der Waals surface area contributed by atoms with Crippen molar-refractivity contribution in [1.29, 1.82) is 0 Å². The highest BCUT2D eigenvalue weighted by Gasteiger charge is 2.09. The van der Waals surface area contributed by atoms with E-state index in [1.807, 2.05) is 35.9 Å². The molecule has 3 heterocycles. The first kappa shape index (κ1) is 17.9. The summed E-state index contributed by atoms with van der Waals surface area (Å²) < 4.78 is 2.61. The van der Waals surface area contributed by atoms with E-state index >= 15 is 0 Å². The van der Waals surface area contributed by atoms with Crippen molar-refractivity contribution in [2.75, 3.05) is 0 Å². The number of nitrogens with zero attached hydrogens (tertiary/aromatic N) is 3. The smallest absolute Gasteiger partial charge is 0.159 e. The molecule has 0 atom stereocenters. The highest BCUT2D eigenvalue weighted by atomic mass is 32.1. The summed E-state index contributed by atoms with van der Waals surface area (Å²) in [7, 11) is 0. The maximum atomic E-state index is 4.87. The zero-order valence-corrected chi connectivity index (χ0v) is 17.4. The van der Waals surface area contributed by atoms with Crippen molar-refractivity contribution < 1.29 is 0 Å². The average molecular weight is 416 g/mol. The Kier molecular flexibility index (Phi) is 4.29. The van der Waals surface area contributed by atoms with E-state index in [1.165, 1.54) is 20.2 Å². The summed E-state index contributed by atoms with van der Waals surface area (Å²) in [6.45, 7) is 0. The third-order valence-corrected chi connectivity index (χ3v) is 6.62. The largest absolute Gasteiger partial charge is 0.264 e. The molecular weight excluding hydrogens is 398 g/mol. The van der Waals surface area contributed by atoms with Crippen LogP contribution in [0.4, 0.5) is 0 Å². The minimum Gasteiger partial charge on any atom is -0.264 e. The molecule has 6 aromatic rings. The van der Waals surface area contributed by atoms with Gasteiger partial charge in [0, 0.05) is 49.9 Å². The number of rotatable bonds is 3.